The van der Waals surface area contributed by atoms with E-state index in [1.807, 2.05) is 30.2 Å². The molecule has 0 saturated carbocycles. The van der Waals surface area contributed by atoms with Crippen molar-refractivity contribution >= 4 is 11.8 Å². The SMILES string of the molecule is Cc1ccc(SCc2cccnc2)cc1C. The molecule has 0 bridgehead atoms. The van der Waals surface area contributed by atoms with Gasteiger partial charge in [-0.25, -0.2) is 0 Å². The van der Waals surface area contributed by atoms with Crippen LogP contribution in [0.4, 0.5) is 0 Å². The summed E-state index contributed by atoms with van der Waals surface area (Å²) < 4.78 is 0. The number of rotatable bonds is 3. The summed E-state index contributed by atoms with van der Waals surface area (Å²) in [6.45, 7) is 4.30. The standard InChI is InChI=1S/C14H15NS/c1-11-5-6-14(8-12(11)2)16-10-13-4-3-7-15-9-13/h3-9H,10H2,1-2H3. The Labute approximate surface area is 101 Å². The summed E-state index contributed by atoms with van der Waals surface area (Å²) in [7, 11) is 0. The van der Waals surface area contributed by atoms with Gasteiger partial charge < -0.3 is 0 Å². The molecule has 0 atom stereocenters. The van der Waals surface area contributed by atoms with Crippen molar-refractivity contribution in [1.29, 1.82) is 0 Å². The number of hydrogen-bond donors (Lipinski definition) is 0. The van der Waals surface area contributed by atoms with E-state index >= 15 is 0 Å². The van der Waals surface area contributed by atoms with Crippen LogP contribution in [0.25, 0.3) is 0 Å². The van der Waals surface area contributed by atoms with Gasteiger partial charge in [-0.1, -0.05) is 12.1 Å². The highest BCUT2D eigenvalue weighted by atomic mass is 32.2. The zero-order valence-electron chi connectivity index (χ0n) is 9.60. The van der Waals surface area contributed by atoms with Gasteiger partial charge >= 0.3 is 0 Å². The molecule has 0 saturated heterocycles. The highest BCUT2D eigenvalue weighted by molar-refractivity contribution is 7.98. The molecule has 0 aliphatic rings. The van der Waals surface area contributed by atoms with Gasteiger partial charge in [0.15, 0.2) is 0 Å². The minimum Gasteiger partial charge on any atom is -0.264 e. The van der Waals surface area contributed by atoms with Gasteiger partial charge in [-0.3, -0.25) is 4.98 Å². The van der Waals surface area contributed by atoms with Gasteiger partial charge in [-0.15, -0.1) is 11.8 Å². The fourth-order valence-corrected chi connectivity index (χ4v) is 2.38. The van der Waals surface area contributed by atoms with E-state index in [-0.39, 0.29) is 0 Å². The molecule has 0 fully saturated rings. The zero-order chi connectivity index (χ0) is 11.4. The van der Waals surface area contributed by atoms with Crippen molar-refractivity contribution in [3.63, 3.8) is 0 Å². The summed E-state index contributed by atoms with van der Waals surface area (Å²) in [6.07, 6.45) is 3.73. The van der Waals surface area contributed by atoms with Crippen LogP contribution in [-0.2, 0) is 5.75 Å². The summed E-state index contributed by atoms with van der Waals surface area (Å²) in [5, 5.41) is 0. The molecule has 0 amide bonds. The van der Waals surface area contributed by atoms with Gasteiger partial charge in [0.2, 0.25) is 0 Å². The number of aryl methyl sites for hydroxylation is 2. The van der Waals surface area contributed by atoms with Crippen molar-refractivity contribution in [3.8, 4) is 0 Å². The smallest absolute Gasteiger partial charge is 0.0308 e. The van der Waals surface area contributed by atoms with Gasteiger partial charge in [0.05, 0.1) is 0 Å². The Hall–Kier alpha value is -1.28. The fraction of sp³-hybridized carbons (Fsp3) is 0.214. The van der Waals surface area contributed by atoms with Crippen molar-refractivity contribution < 1.29 is 0 Å². The molecule has 1 heterocycles. The second-order valence-electron chi connectivity index (χ2n) is 3.90. The Morgan fingerprint density at radius 3 is 2.69 bits per heavy atom. The Balaban J connectivity index is 2.03. The molecule has 1 aromatic heterocycles. The normalized spacial score (nSPS) is 10.4. The molecule has 16 heavy (non-hydrogen) atoms. The molecular weight excluding hydrogens is 214 g/mol. The first-order chi connectivity index (χ1) is 7.75. The molecule has 0 aliphatic carbocycles. The number of aromatic nitrogens is 1. The third-order valence-corrected chi connectivity index (χ3v) is 3.67. The highest BCUT2D eigenvalue weighted by Crippen LogP contribution is 2.24. The van der Waals surface area contributed by atoms with E-state index in [0.29, 0.717) is 0 Å². The van der Waals surface area contributed by atoms with Crippen LogP contribution in [0.1, 0.15) is 16.7 Å². The lowest BCUT2D eigenvalue weighted by atomic mass is 10.1. The lowest BCUT2D eigenvalue weighted by Crippen LogP contribution is -1.84. The second kappa shape index (κ2) is 5.17. The minimum absolute atomic E-state index is 0.982. The maximum atomic E-state index is 4.12. The van der Waals surface area contributed by atoms with E-state index in [9.17, 15) is 0 Å². The molecule has 0 aliphatic heterocycles. The average molecular weight is 229 g/mol. The monoisotopic (exact) mass is 229 g/mol. The Morgan fingerprint density at radius 2 is 2.00 bits per heavy atom. The third-order valence-electron chi connectivity index (χ3n) is 2.61. The fourth-order valence-electron chi connectivity index (χ4n) is 1.45. The van der Waals surface area contributed by atoms with Gasteiger partial charge in [-0.05, 0) is 48.7 Å². The topological polar surface area (TPSA) is 12.9 Å². The van der Waals surface area contributed by atoms with Crippen LogP contribution >= 0.6 is 11.8 Å². The van der Waals surface area contributed by atoms with E-state index in [1.54, 1.807) is 0 Å². The quantitative estimate of drug-likeness (QED) is 0.738. The predicted octanol–water partition coefficient (Wildman–Crippen LogP) is 3.99. The molecule has 0 spiro atoms. The maximum Gasteiger partial charge on any atom is 0.0308 e. The number of hydrogen-bond acceptors (Lipinski definition) is 2. The Bertz CT molecular complexity index is 465. The van der Waals surface area contributed by atoms with Crippen molar-refractivity contribution in [3.05, 3.63) is 59.4 Å². The third kappa shape index (κ3) is 2.86. The number of benzene rings is 1. The lowest BCUT2D eigenvalue weighted by Gasteiger charge is -2.04. The molecule has 1 nitrogen and oxygen atoms in total. The summed E-state index contributed by atoms with van der Waals surface area (Å²) >= 11 is 1.86. The Kier molecular flexibility index (Phi) is 3.62. The van der Waals surface area contributed by atoms with Crippen LogP contribution < -0.4 is 0 Å². The van der Waals surface area contributed by atoms with Crippen LogP contribution in [0.3, 0.4) is 0 Å². The Morgan fingerprint density at radius 1 is 1.12 bits per heavy atom. The highest BCUT2D eigenvalue weighted by Gasteiger charge is 1.98. The lowest BCUT2D eigenvalue weighted by molar-refractivity contribution is 1.24. The molecular formula is C14H15NS. The van der Waals surface area contributed by atoms with Crippen molar-refractivity contribution in [2.45, 2.75) is 24.5 Å². The van der Waals surface area contributed by atoms with Crippen LogP contribution in [0.5, 0.6) is 0 Å². The first-order valence-corrected chi connectivity index (χ1v) is 6.33. The molecule has 2 rings (SSSR count). The van der Waals surface area contributed by atoms with Gasteiger partial charge in [0, 0.05) is 23.0 Å². The first-order valence-electron chi connectivity index (χ1n) is 5.34. The summed E-state index contributed by atoms with van der Waals surface area (Å²) in [6, 6.07) is 10.7. The van der Waals surface area contributed by atoms with Crippen LogP contribution in [0.15, 0.2) is 47.6 Å². The van der Waals surface area contributed by atoms with Crippen molar-refractivity contribution in [2.24, 2.45) is 0 Å². The van der Waals surface area contributed by atoms with Gasteiger partial charge in [0.25, 0.3) is 0 Å². The predicted molar refractivity (Wildman–Crippen MR) is 69.7 cm³/mol. The largest absolute Gasteiger partial charge is 0.264 e. The van der Waals surface area contributed by atoms with E-state index in [2.05, 4.69) is 43.1 Å². The minimum atomic E-state index is 0.982. The molecule has 2 heteroatoms. The summed E-state index contributed by atoms with van der Waals surface area (Å²) in [5.74, 6) is 0.982. The van der Waals surface area contributed by atoms with E-state index in [1.165, 1.54) is 21.6 Å². The molecule has 0 unspecified atom stereocenters. The van der Waals surface area contributed by atoms with Crippen LogP contribution in [-0.4, -0.2) is 4.98 Å². The maximum absolute atomic E-state index is 4.12. The molecule has 82 valence electrons. The van der Waals surface area contributed by atoms with Gasteiger partial charge in [-0.2, -0.15) is 0 Å². The summed E-state index contributed by atoms with van der Waals surface area (Å²) in [5.41, 5.74) is 3.98. The van der Waals surface area contributed by atoms with Gasteiger partial charge in [0.1, 0.15) is 0 Å². The molecule has 0 N–H and O–H groups in total. The van der Waals surface area contributed by atoms with Crippen molar-refractivity contribution in [1.82, 2.24) is 4.98 Å². The number of nitrogens with zero attached hydrogens (tertiary/aromatic N) is 1. The number of thioether (sulfide) groups is 1. The second-order valence-corrected chi connectivity index (χ2v) is 4.94. The van der Waals surface area contributed by atoms with Crippen LogP contribution in [0.2, 0.25) is 0 Å². The first kappa shape index (κ1) is 11.2. The van der Waals surface area contributed by atoms with E-state index in [4.69, 9.17) is 0 Å². The molecule has 2 aromatic rings. The van der Waals surface area contributed by atoms with Crippen molar-refractivity contribution in [2.75, 3.05) is 0 Å². The molecule has 0 radical (unpaired) electrons. The van der Waals surface area contributed by atoms with Crippen LogP contribution in [0, 0.1) is 13.8 Å². The average Bonchev–Trinajstić information content (AvgIpc) is 2.32. The number of pyridine rings is 1. The summed E-state index contributed by atoms with van der Waals surface area (Å²) in [4.78, 5) is 5.44. The van der Waals surface area contributed by atoms with E-state index in [0.717, 1.165) is 5.75 Å². The molecule has 1 aromatic carbocycles. The van der Waals surface area contributed by atoms with E-state index < -0.39 is 0 Å². The zero-order valence-corrected chi connectivity index (χ0v) is 10.4.